The molecule has 0 radical (unpaired) electrons. The summed E-state index contributed by atoms with van der Waals surface area (Å²) in [5, 5.41) is 15.0. The largest absolute Gasteiger partial charge is 0.325 e. The lowest BCUT2D eigenvalue weighted by molar-refractivity contribution is -0.119. The van der Waals surface area contributed by atoms with Gasteiger partial charge in [0.15, 0.2) is 0 Å². The predicted octanol–water partition coefficient (Wildman–Crippen LogP) is 2.72. The molecule has 128 valence electrons. The van der Waals surface area contributed by atoms with Gasteiger partial charge in [0.2, 0.25) is 11.8 Å². The highest BCUT2D eigenvalue weighted by Crippen LogP contribution is 2.14. The third kappa shape index (κ3) is 5.92. The summed E-state index contributed by atoms with van der Waals surface area (Å²) in [5.41, 5.74) is 1.48. The summed E-state index contributed by atoms with van der Waals surface area (Å²) in [4.78, 5) is 25.6. The van der Waals surface area contributed by atoms with Crippen molar-refractivity contribution in [3.63, 3.8) is 0 Å². The summed E-state index contributed by atoms with van der Waals surface area (Å²) in [7, 11) is 1.66. The third-order valence-electron chi connectivity index (χ3n) is 3.28. The van der Waals surface area contributed by atoms with E-state index in [-0.39, 0.29) is 24.9 Å². The summed E-state index contributed by atoms with van der Waals surface area (Å²) in [6, 6.07) is 15.5. The van der Waals surface area contributed by atoms with Gasteiger partial charge >= 0.3 is 0 Å². The fraction of sp³-hybridized carbons (Fsp3) is 0.167. The Hall–Kier alpha value is -2.88. The molecule has 2 N–H and O–H groups in total. The van der Waals surface area contributed by atoms with Gasteiger partial charge in [0, 0.05) is 10.7 Å². The van der Waals surface area contributed by atoms with Crippen molar-refractivity contribution in [2.45, 2.75) is 0 Å². The van der Waals surface area contributed by atoms with E-state index in [1.54, 1.807) is 60.5 Å². The van der Waals surface area contributed by atoms with Crippen LogP contribution in [0.4, 0.5) is 11.4 Å². The first-order valence-electron chi connectivity index (χ1n) is 7.51. The Balaban J connectivity index is 1.83. The van der Waals surface area contributed by atoms with E-state index >= 15 is 0 Å². The molecule has 0 saturated carbocycles. The summed E-state index contributed by atoms with van der Waals surface area (Å²) < 4.78 is 0. The quantitative estimate of drug-likeness (QED) is 0.833. The van der Waals surface area contributed by atoms with Crippen LogP contribution in [0.25, 0.3) is 0 Å². The Kier molecular flexibility index (Phi) is 6.52. The molecule has 2 amide bonds. The number of carbonyl (C=O) groups is 2. The zero-order chi connectivity index (χ0) is 18.2. The monoisotopic (exact) mass is 356 g/mol. The molecule has 2 aromatic rings. The van der Waals surface area contributed by atoms with Gasteiger partial charge in [-0.3, -0.25) is 14.5 Å². The van der Waals surface area contributed by atoms with Crippen LogP contribution in [0.5, 0.6) is 0 Å². The number of rotatable bonds is 6. The Morgan fingerprint density at radius 2 is 1.64 bits per heavy atom. The van der Waals surface area contributed by atoms with Crippen molar-refractivity contribution in [1.82, 2.24) is 4.90 Å². The molecule has 0 atom stereocenters. The van der Waals surface area contributed by atoms with E-state index in [0.29, 0.717) is 22.0 Å². The number of nitriles is 1. The minimum atomic E-state index is -0.301. The number of hydrogen-bond donors (Lipinski definition) is 2. The first-order chi connectivity index (χ1) is 12.0. The normalized spacial score (nSPS) is 10.2. The van der Waals surface area contributed by atoms with Crippen LogP contribution in [0.3, 0.4) is 0 Å². The van der Waals surface area contributed by atoms with Crippen LogP contribution in [0.1, 0.15) is 5.56 Å². The van der Waals surface area contributed by atoms with Gasteiger partial charge in [0.05, 0.1) is 24.3 Å². The molecule has 0 spiro atoms. The standard InChI is InChI=1S/C18H17ClN4O2/c1-23(11-17(24)21-15-8-6-14(19)7-9-15)12-18(25)22-16-5-3-2-4-13(16)10-20/h2-9H,11-12H2,1H3,(H,21,24)(H,22,25). The van der Waals surface area contributed by atoms with E-state index in [4.69, 9.17) is 16.9 Å². The molecule has 0 aliphatic heterocycles. The number of nitrogens with one attached hydrogen (secondary N) is 2. The summed E-state index contributed by atoms with van der Waals surface area (Å²) >= 11 is 5.79. The van der Waals surface area contributed by atoms with Crippen molar-refractivity contribution in [3.8, 4) is 6.07 Å². The maximum Gasteiger partial charge on any atom is 0.238 e. The number of nitrogens with zero attached hydrogens (tertiary/aromatic N) is 2. The van der Waals surface area contributed by atoms with Gasteiger partial charge < -0.3 is 10.6 Å². The second-order valence-corrected chi connectivity index (χ2v) is 5.87. The summed E-state index contributed by atoms with van der Waals surface area (Å²) in [6.45, 7) is 0.0732. The number of para-hydroxylation sites is 1. The van der Waals surface area contributed by atoms with Crippen LogP contribution in [0.2, 0.25) is 5.02 Å². The molecular formula is C18H17ClN4O2. The second kappa shape index (κ2) is 8.83. The minimum Gasteiger partial charge on any atom is -0.325 e. The second-order valence-electron chi connectivity index (χ2n) is 5.43. The van der Waals surface area contributed by atoms with Gasteiger partial charge in [-0.15, -0.1) is 0 Å². The fourth-order valence-corrected chi connectivity index (χ4v) is 2.29. The van der Waals surface area contributed by atoms with E-state index in [2.05, 4.69) is 10.6 Å². The molecule has 0 bridgehead atoms. The van der Waals surface area contributed by atoms with Crippen molar-refractivity contribution in [2.75, 3.05) is 30.8 Å². The first-order valence-corrected chi connectivity index (χ1v) is 7.88. The van der Waals surface area contributed by atoms with Crippen LogP contribution in [-0.2, 0) is 9.59 Å². The molecular weight excluding hydrogens is 340 g/mol. The minimum absolute atomic E-state index is 0.0216. The van der Waals surface area contributed by atoms with Gasteiger partial charge in [-0.05, 0) is 43.4 Å². The smallest absolute Gasteiger partial charge is 0.238 e. The lowest BCUT2D eigenvalue weighted by Gasteiger charge is -2.16. The average Bonchev–Trinajstić information content (AvgIpc) is 2.57. The highest BCUT2D eigenvalue weighted by atomic mass is 35.5. The van der Waals surface area contributed by atoms with E-state index in [0.717, 1.165) is 0 Å². The summed E-state index contributed by atoms with van der Waals surface area (Å²) in [5.74, 6) is -0.542. The molecule has 0 aromatic heterocycles. The molecule has 0 aliphatic carbocycles. The van der Waals surface area contributed by atoms with Crippen molar-refractivity contribution in [2.24, 2.45) is 0 Å². The van der Waals surface area contributed by atoms with Gasteiger partial charge in [0.25, 0.3) is 0 Å². The number of likely N-dealkylation sites (N-methyl/N-ethyl adjacent to an activating group) is 1. The number of anilines is 2. The van der Waals surface area contributed by atoms with Crippen molar-refractivity contribution in [1.29, 1.82) is 5.26 Å². The Morgan fingerprint density at radius 1 is 1.04 bits per heavy atom. The van der Waals surface area contributed by atoms with E-state index in [1.165, 1.54) is 0 Å². The van der Waals surface area contributed by atoms with Crippen LogP contribution < -0.4 is 10.6 Å². The number of carbonyl (C=O) groups excluding carboxylic acids is 2. The molecule has 0 fully saturated rings. The van der Waals surface area contributed by atoms with Crippen LogP contribution >= 0.6 is 11.6 Å². The fourth-order valence-electron chi connectivity index (χ4n) is 2.16. The Morgan fingerprint density at radius 3 is 2.28 bits per heavy atom. The number of halogens is 1. The highest BCUT2D eigenvalue weighted by molar-refractivity contribution is 6.30. The molecule has 6 nitrogen and oxygen atoms in total. The Labute approximate surface area is 151 Å². The number of amides is 2. The van der Waals surface area contributed by atoms with Gasteiger partial charge in [-0.25, -0.2) is 0 Å². The maximum atomic E-state index is 12.1. The van der Waals surface area contributed by atoms with Crippen molar-refractivity contribution >= 4 is 34.8 Å². The lowest BCUT2D eigenvalue weighted by Crippen LogP contribution is -2.36. The zero-order valence-corrected chi connectivity index (χ0v) is 14.4. The van der Waals surface area contributed by atoms with Crippen molar-refractivity contribution < 1.29 is 9.59 Å². The maximum absolute atomic E-state index is 12.1. The Bertz CT molecular complexity index is 799. The summed E-state index contributed by atoms with van der Waals surface area (Å²) in [6.07, 6.45) is 0. The first kappa shape index (κ1) is 18.5. The molecule has 0 saturated heterocycles. The SMILES string of the molecule is CN(CC(=O)Nc1ccc(Cl)cc1)CC(=O)Nc1ccccc1C#N. The zero-order valence-electron chi connectivity index (χ0n) is 13.6. The molecule has 0 heterocycles. The lowest BCUT2D eigenvalue weighted by atomic mass is 10.2. The van der Waals surface area contributed by atoms with Gasteiger partial charge in [-0.2, -0.15) is 5.26 Å². The molecule has 7 heteroatoms. The molecule has 25 heavy (non-hydrogen) atoms. The molecule has 2 aromatic carbocycles. The third-order valence-corrected chi connectivity index (χ3v) is 3.53. The number of hydrogen-bond acceptors (Lipinski definition) is 4. The van der Waals surface area contributed by atoms with E-state index < -0.39 is 0 Å². The predicted molar refractivity (Wildman–Crippen MR) is 97.4 cm³/mol. The molecule has 0 unspecified atom stereocenters. The van der Waals surface area contributed by atoms with E-state index in [9.17, 15) is 9.59 Å². The van der Waals surface area contributed by atoms with Crippen molar-refractivity contribution in [3.05, 3.63) is 59.1 Å². The highest BCUT2D eigenvalue weighted by Gasteiger charge is 2.12. The van der Waals surface area contributed by atoms with Crippen LogP contribution in [0.15, 0.2) is 48.5 Å². The molecule has 0 aliphatic rings. The van der Waals surface area contributed by atoms with Crippen LogP contribution in [-0.4, -0.2) is 36.9 Å². The topological polar surface area (TPSA) is 85.2 Å². The average molecular weight is 357 g/mol. The van der Waals surface area contributed by atoms with Gasteiger partial charge in [0.1, 0.15) is 6.07 Å². The van der Waals surface area contributed by atoms with Gasteiger partial charge in [-0.1, -0.05) is 23.7 Å². The van der Waals surface area contributed by atoms with Crippen LogP contribution in [0, 0.1) is 11.3 Å². The van der Waals surface area contributed by atoms with E-state index in [1.807, 2.05) is 6.07 Å². The number of benzene rings is 2. The molecule has 2 rings (SSSR count).